The van der Waals surface area contributed by atoms with Crippen LogP contribution in [-0.4, -0.2) is 74.2 Å². The lowest BCUT2D eigenvalue weighted by Crippen LogP contribution is -2.36. The molecule has 1 aliphatic carbocycles. The molecule has 0 radical (unpaired) electrons. The molecule has 7 heteroatoms. The molecule has 2 rings (SSSR count). The van der Waals surface area contributed by atoms with E-state index in [4.69, 9.17) is 14.2 Å². The molecule has 158 valence electrons. The van der Waals surface area contributed by atoms with E-state index in [1.807, 2.05) is 0 Å². The Balaban J connectivity index is 1.87. The van der Waals surface area contributed by atoms with Gasteiger partial charge in [0.1, 0.15) is 0 Å². The molecule has 2 aliphatic rings. The van der Waals surface area contributed by atoms with E-state index in [1.165, 1.54) is 14.2 Å². The summed E-state index contributed by atoms with van der Waals surface area (Å²) in [6.07, 6.45) is 3.63. The number of ether oxygens (including phenoxy) is 3. The van der Waals surface area contributed by atoms with Gasteiger partial charge in [0.15, 0.2) is 0 Å². The van der Waals surface area contributed by atoms with Crippen LogP contribution < -0.4 is 0 Å². The number of nitrogens with zero attached hydrogens (tertiary/aromatic N) is 1. The lowest BCUT2D eigenvalue weighted by atomic mass is 9.83. The van der Waals surface area contributed by atoms with Crippen LogP contribution in [0.15, 0.2) is 22.7 Å². The summed E-state index contributed by atoms with van der Waals surface area (Å²) in [7, 11) is 2.68. The summed E-state index contributed by atoms with van der Waals surface area (Å²) >= 11 is 0. The Hall–Kier alpha value is -1.70. The number of methoxy groups -OCH3 is 2. The topological polar surface area (TPSA) is 85.3 Å². The Morgan fingerprint density at radius 3 is 2.25 bits per heavy atom. The van der Waals surface area contributed by atoms with Crippen molar-refractivity contribution in [1.29, 1.82) is 0 Å². The minimum absolute atomic E-state index is 0.0727. The molecule has 1 aliphatic heterocycles. The summed E-state index contributed by atoms with van der Waals surface area (Å²) in [5, 5.41) is 10.8. The lowest BCUT2D eigenvalue weighted by molar-refractivity contribution is -0.121. The van der Waals surface area contributed by atoms with E-state index >= 15 is 0 Å². The van der Waals surface area contributed by atoms with Gasteiger partial charge in [-0.2, -0.15) is 0 Å². The summed E-state index contributed by atoms with van der Waals surface area (Å²) in [5.41, 5.74) is -0.439. The molecule has 0 aromatic carbocycles. The first-order valence-electron chi connectivity index (χ1n) is 9.94. The van der Waals surface area contributed by atoms with Crippen LogP contribution in [-0.2, 0) is 23.8 Å². The largest absolute Gasteiger partial charge is 0.489 e. The minimum Gasteiger partial charge on any atom is -0.489 e. The van der Waals surface area contributed by atoms with Gasteiger partial charge in [-0.25, -0.2) is 0 Å². The molecule has 1 N–H and O–H groups in total. The highest BCUT2D eigenvalue weighted by Gasteiger charge is 2.37. The number of carbonyl (C=O) groups excluding carboxylic acids is 2. The molecule has 7 nitrogen and oxygen atoms in total. The van der Waals surface area contributed by atoms with Crippen molar-refractivity contribution in [3.8, 4) is 0 Å². The molecule has 28 heavy (non-hydrogen) atoms. The fourth-order valence-corrected chi connectivity index (χ4v) is 3.72. The fourth-order valence-electron chi connectivity index (χ4n) is 3.72. The average Bonchev–Trinajstić information content (AvgIpc) is 2.68. The van der Waals surface area contributed by atoms with Gasteiger partial charge in [0.25, 0.3) is 0 Å². The first-order chi connectivity index (χ1) is 13.3. The number of hydrogen-bond acceptors (Lipinski definition) is 7. The number of aliphatic hydroxyl groups is 1. The van der Waals surface area contributed by atoms with Crippen molar-refractivity contribution in [2.24, 2.45) is 0 Å². The summed E-state index contributed by atoms with van der Waals surface area (Å²) < 4.78 is 15.5. The lowest BCUT2D eigenvalue weighted by Gasteiger charge is -2.28. The third-order valence-electron chi connectivity index (χ3n) is 5.45. The molecular weight excluding hydrogens is 362 g/mol. The minimum atomic E-state index is -1.06. The zero-order valence-corrected chi connectivity index (χ0v) is 17.5. The van der Waals surface area contributed by atoms with Crippen molar-refractivity contribution in [3.63, 3.8) is 0 Å². The Kier molecular flexibility index (Phi) is 8.22. The Labute approximate surface area is 167 Å². The van der Waals surface area contributed by atoms with Crippen molar-refractivity contribution < 1.29 is 28.9 Å². The third-order valence-corrected chi connectivity index (χ3v) is 5.45. The van der Waals surface area contributed by atoms with Gasteiger partial charge in [-0.1, -0.05) is 12.8 Å². The predicted octanol–water partition coefficient (Wildman–Crippen LogP) is 1.99. The quantitative estimate of drug-likeness (QED) is 0.447. The number of hydrogen-bond donors (Lipinski definition) is 1. The SMILES string of the molecule is COC1=C(OC)C(=O)C(CC(C)(O)CCCCCN2CCOCC2)=C(C)C1=O. The smallest absolute Gasteiger partial charge is 0.228 e. The monoisotopic (exact) mass is 395 g/mol. The number of ketones is 2. The summed E-state index contributed by atoms with van der Waals surface area (Å²) in [6.45, 7) is 7.94. The molecule has 0 aromatic rings. The predicted molar refractivity (Wildman–Crippen MR) is 105 cm³/mol. The molecule has 1 atom stereocenters. The fraction of sp³-hybridized carbons (Fsp3) is 0.714. The Morgan fingerprint density at radius 1 is 1.04 bits per heavy atom. The number of Topliss-reactive ketones (excluding diaryl/α,β-unsaturated/α-hetero) is 2. The van der Waals surface area contributed by atoms with E-state index in [0.29, 0.717) is 17.6 Å². The van der Waals surface area contributed by atoms with Crippen LogP contribution in [0.3, 0.4) is 0 Å². The van der Waals surface area contributed by atoms with Gasteiger partial charge in [-0.05, 0) is 33.2 Å². The van der Waals surface area contributed by atoms with E-state index in [2.05, 4.69) is 4.90 Å². The van der Waals surface area contributed by atoms with Gasteiger partial charge >= 0.3 is 0 Å². The van der Waals surface area contributed by atoms with Gasteiger partial charge in [0, 0.05) is 30.7 Å². The van der Waals surface area contributed by atoms with Gasteiger partial charge in [0.05, 0.1) is 33.0 Å². The first kappa shape index (κ1) is 22.6. The standard InChI is InChI=1S/C21H33NO6/c1-15-16(18(24)20(27-4)19(26-3)17(15)23)14-21(2,25)8-6-5-7-9-22-10-12-28-13-11-22/h25H,5-14H2,1-4H3. The van der Waals surface area contributed by atoms with Gasteiger partial charge in [-0.3, -0.25) is 14.5 Å². The van der Waals surface area contributed by atoms with E-state index in [9.17, 15) is 14.7 Å². The maximum Gasteiger partial charge on any atom is 0.228 e. The van der Waals surface area contributed by atoms with Crippen molar-refractivity contribution >= 4 is 11.6 Å². The normalized spacial score (nSPS) is 21.2. The second kappa shape index (κ2) is 10.2. The molecule has 1 unspecified atom stereocenters. The van der Waals surface area contributed by atoms with Crippen LogP contribution in [0.5, 0.6) is 0 Å². The zero-order chi connectivity index (χ0) is 20.7. The molecule has 1 saturated heterocycles. The average molecular weight is 395 g/mol. The third kappa shape index (κ3) is 5.65. The van der Waals surface area contributed by atoms with E-state index in [0.717, 1.165) is 52.1 Å². The molecule has 0 bridgehead atoms. The van der Waals surface area contributed by atoms with Crippen molar-refractivity contribution in [2.45, 2.75) is 51.6 Å². The number of morpholine rings is 1. The molecule has 0 amide bonds. The number of carbonyl (C=O) groups is 2. The second-order valence-corrected chi connectivity index (χ2v) is 7.77. The van der Waals surface area contributed by atoms with Crippen molar-refractivity contribution in [2.75, 3.05) is 47.1 Å². The summed E-state index contributed by atoms with van der Waals surface area (Å²) in [4.78, 5) is 27.6. The highest BCUT2D eigenvalue weighted by molar-refractivity contribution is 6.23. The van der Waals surface area contributed by atoms with E-state index < -0.39 is 5.60 Å². The number of allylic oxidation sites excluding steroid dienone is 2. The maximum absolute atomic E-state index is 12.7. The van der Waals surface area contributed by atoms with Crippen LogP contribution >= 0.6 is 0 Å². The van der Waals surface area contributed by atoms with Gasteiger partial charge in [0.2, 0.25) is 23.1 Å². The molecule has 1 fully saturated rings. The van der Waals surface area contributed by atoms with Gasteiger partial charge < -0.3 is 19.3 Å². The summed E-state index contributed by atoms with van der Waals surface area (Å²) in [5.74, 6) is -0.912. The van der Waals surface area contributed by atoms with Crippen LogP contribution in [0.4, 0.5) is 0 Å². The maximum atomic E-state index is 12.7. The highest BCUT2D eigenvalue weighted by atomic mass is 16.5. The molecule has 0 spiro atoms. The molecule has 0 aromatic heterocycles. The first-order valence-corrected chi connectivity index (χ1v) is 9.94. The van der Waals surface area contributed by atoms with Gasteiger partial charge in [-0.15, -0.1) is 0 Å². The number of rotatable bonds is 10. The molecule has 1 heterocycles. The van der Waals surface area contributed by atoms with Crippen molar-refractivity contribution in [3.05, 3.63) is 22.7 Å². The number of unbranched alkanes of at least 4 members (excludes halogenated alkanes) is 2. The van der Waals surface area contributed by atoms with E-state index in [-0.39, 0.29) is 29.5 Å². The second-order valence-electron chi connectivity index (χ2n) is 7.77. The summed E-state index contributed by atoms with van der Waals surface area (Å²) in [6, 6.07) is 0. The Bertz CT molecular complexity index is 643. The molecule has 0 saturated carbocycles. The van der Waals surface area contributed by atoms with Crippen LogP contribution in [0.1, 0.15) is 46.0 Å². The van der Waals surface area contributed by atoms with E-state index in [1.54, 1.807) is 13.8 Å². The Morgan fingerprint density at radius 2 is 1.64 bits per heavy atom. The van der Waals surface area contributed by atoms with Crippen LogP contribution in [0.25, 0.3) is 0 Å². The highest BCUT2D eigenvalue weighted by Crippen LogP contribution is 2.32. The molecular formula is C21H33NO6. The van der Waals surface area contributed by atoms with Crippen molar-refractivity contribution in [1.82, 2.24) is 4.90 Å². The zero-order valence-electron chi connectivity index (χ0n) is 17.5. The van der Waals surface area contributed by atoms with Crippen LogP contribution in [0.2, 0.25) is 0 Å². The van der Waals surface area contributed by atoms with Crippen LogP contribution in [0, 0.1) is 0 Å².